The third-order valence-electron chi connectivity index (χ3n) is 3.28. The Morgan fingerprint density at radius 2 is 2.18 bits per heavy atom. The Bertz CT molecular complexity index is 365. The predicted molar refractivity (Wildman–Crippen MR) is 70.7 cm³/mol. The minimum absolute atomic E-state index is 0.827. The van der Waals surface area contributed by atoms with E-state index in [4.69, 9.17) is 10.5 Å². The monoisotopic (exact) mass is 234 g/mol. The molecule has 17 heavy (non-hydrogen) atoms. The van der Waals surface area contributed by atoms with E-state index in [9.17, 15) is 0 Å². The molecule has 1 aromatic rings. The molecule has 0 atom stereocenters. The minimum Gasteiger partial charge on any atom is -0.398 e. The molecule has 0 spiro atoms. The second-order valence-corrected chi connectivity index (χ2v) is 4.66. The normalized spacial score (nSPS) is 15.1. The molecule has 0 saturated carbocycles. The van der Waals surface area contributed by atoms with Crippen LogP contribution in [0.1, 0.15) is 30.9 Å². The Hall–Kier alpha value is -1.06. The van der Waals surface area contributed by atoms with Crippen LogP contribution in [0.25, 0.3) is 0 Å². The highest BCUT2D eigenvalue weighted by molar-refractivity contribution is 5.52. The molecular formula is C14H22N2O. The number of anilines is 1. The van der Waals surface area contributed by atoms with Crippen molar-refractivity contribution >= 4 is 5.69 Å². The molecule has 2 rings (SSSR count). The van der Waals surface area contributed by atoms with Crippen LogP contribution in [-0.4, -0.2) is 24.7 Å². The van der Waals surface area contributed by atoms with E-state index in [1.54, 1.807) is 0 Å². The highest BCUT2D eigenvalue weighted by Crippen LogP contribution is 2.26. The molecule has 0 aromatic heterocycles. The first-order valence-corrected chi connectivity index (χ1v) is 6.47. The van der Waals surface area contributed by atoms with Crippen molar-refractivity contribution in [1.82, 2.24) is 4.90 Å². The van der Waals surface area contributed by atoms with Gasteiger partial charge in [-0.1, -0.05) is 25.5 Å². The first-order valence-electron chi connectivity index (χ1n) is 6.47. The van der Waals surface area contributed by atoms with Crippen molar-refractivity contribution in [3.8, 4) is 0 Å². The molecule has 0 saturated heterocycles. The fraction of sp³-hybridized carbons (Fsp3) is 0.571. The highest BCUT2D eigenvalue weighted by atomic mass is 16.5. The largest absolute Gasteiger partial charge is 0.398 e. The fourth-order valence-corrected chi connectivity index (χ4v) is 2.22. The van der Waals surface area contributed by atoms with Gasteiger partial charge in [0.2, 0.25) is 0 Å². The average Bonchev–Trinajstić information content (AvgIpc) is 2.73. The van der Waals surface area contributed by atoms with E-state index >= 15 is 0 Å². The molecule has 0 aliphatic carbocycles. The number of fused-ring (bicyclic) bond motifs is 1. The molecule has 0 amide bonds. The summed E-state index contributed by atoms with van der Waals surface area (Å²) in [6.45, 7) is 6.88. The van der Waals surface area contributed by atoms with Crippen LogP contribution in [0.5, 0.6) is 0 Å². The molecular weight excluding hydrogens is 212 g/mol. The van der Waals surface area contributed by atoms with Crippen LogP contribution in [0.4, 0.5) is 5.69 Å². The maximum absolute atomic E-state index is 5.97. The lowest BCUT2D eigenvalue weighted by Gasteiger charge is -2.14. The number of hydrogen-bond acceptors (Lipinski definition) is 3. The van der Waals surface area contributed by atoms with E-state index in [1.807, 2.05) is 12.1 Å². The summed E-state index contributed by atoms with van der Waals surface area (Å²) >= 11 is 0. The summed E-state index contributed by atoms with van der Waals surface area (Å²) in [7, 11) is 0. The number of nitrogen functional groups attached to an aromatic ring is 1. The average molecular weight is 234 g/mol. The number of hydrogen-bond donors (Lipinski definition) is 1. The lowest BCUT2D eigenvalue weighted by molar-refractivity contribution is 0.101. The van der Waals surface area contributed by atoms with Gasteiger partial charge in [-0.3, -0.25) is 4.90 Å². The first kappa shape index (κ1) is 12.4. The van der Waals surface area contributed by atoms with Crippen LogP contribution >= 0.6 is 0 Å². The molecule has 1 aliphatic rings. The summed E-state index contributed by atoms with van der Waals surface area (Å²) in [5.74, 6) is 0. The maximum atomic E-state index is 5.97. The molecule has 1 aromatic carbocycles. The second-order valence-electron chi connectivity index (χ2n) is 4.66. The van der Waals surface area contributed by atoms with Crippen LogP contribution in [0.2, 0.25) is 0 Å². The highest BCUT2D eigenvalue weighted by Gasteiger charge is 2.19. The van der Waals surface area contributed by atoms with Gasteiger partial charge in [0.1, 0.15) is 0 Å². The van der Waals surface area contributed by atoms with Gasteiger partial charge in [-0.2, -0.15) is 0 Å². The molecule has 0 fully saturated rings. The van der Waals surface area contributed by atoms with E-state index in [0.29, 0.717) is 0 Å². The Morgan fingerprint density at radius 1 is 1.29 bits per heavy atom. The standard InChI is InChI=1S/C14H22N2O/c1-2-3-8-17-9-7-16-10-12-5-4-6-14(15)13(12)11-16/h4-6H,2-3,7-11,15H2,1H3. The first-order chi connectivity index (χ1) is 8.31. The quantitative estimate of drug-likeness (QED) is 0.607. The maximum Gasteiger partial charge on any atom is 0.0593 e. The summed E-state index contributed by atoms with van der Waals surface area (Å²) in [5, 5.41) is 0. The molecule has 3 heteroatoms. The number of benzene rings is 1. The number of ether oxygens (including phenoxy) is 1. The van der Waals surface area contributed by atoms with Gasteiger partial charge in [0.25, 0.3) is 0 Å². The van der Waals surface area contributed by atoms with Gasteiger partial charge in [0.15, 0.2) is 0 Å². The summed E-state index contributed by atoms with van der Waals surface area (Å²) in [4.78, 5) is 2.40. The zero-order valence-electron chi connectivity index (χ0n) is 10.6. The third-order valence-corrected chi connectivity index (χ3v) is 3.28. The Kier molecular flexibility index (Phi) is 4.40. The van der Waals surface area contributed by atoms with Crippen LogP contribution in [-0.2, 0) is 17.8 Å². The number of rotatable bonds is 6. The molecule has 3 nitrogen and oxygen atoms in total. The Balaban J connectivity index is 1.75. The van der Waals surface area contributed by atoms with Crippen molar-refractivity contribution in [2.45, 2.75) is 32.9 Å². The molecule has 1 heterocycles. The van der Waals surface area contributed by atoms with Crippen LogP contribution in [0.3, 0.4) is 0 Å². The van der Waals surface area contributed by atoms with E-state index in [1.165, 1.54) is 17.5 Å². The molecule has 0 bridgehead atoms. The van der Waals surface area contributed by atoms with Crippen molar-refractivity contribution in [2.24, 2.45) is 0 Å². The van der Waals surface area contributed by atoms with Gasteiger partial charge >= 0.3 is 0 Å². The zero-order valence-corrected chi connectivity index (χ0v) is 10.6. The number of unbranched alkanes of at least 4 members (excludes halogenated alkanes) is 1. The van der Waals surface area contributed by atoms with Gasteiger partial charge in [0, 0.05) is 31.9 Å². The van der Waals surface area contributed by atoms with E-state index in [-0.39, 0.29) is 0 Å². The fourth-order valence-electron chi connectivity index (χ4n) is 2.22. The summed E-state index contributed by atoms with van der Waals surface area (Å²) in [6.07, 6.45) is 2.36. The van der Waals surface area contributed by atoms with E-state index in [2.05, 4.69) is 17.9 Å². The van der Waals surface area contributed by atoms with Gasteiger partial charge < -0.3 is 10.5 Å². The molecule has 2 N–H and O–H groups in total. The molecule has 0 unspecified atom stereocenters. The number of nitrogens with zero attached hydrogens (tertiary/aromatic N) is 1. The van der Waals surface area contributed by atoms with Crippen LogP contribution in [0, 0.1) is 0 Å². The summed E-state index contributed by atoms with van der Waals surface area (Å²) < 4.78 is 5.59. The Morgan fingerprint density at radius 3 is 2.94 bits per heavy atom. The van der Waals surface area contributed by atoms with Gasteiger partial charge in [-0.15, -0.1) is 0 Å². The van der Waals surface area contributed by atoms with Gasteiger partial charge in [0.05, 0.1) is 6.61 Å². The minimum atomic E-state index is 0.827. The molecule has 1 aliphatic heterocycles. The lowest BCUT2D eigenvalue weighted by Crippen LogP contribution is -2.22. The van der Waals surface area contributed by atoms with Crippen molar-refractivity contribution in [3.05, 3.63) is 29.3 Å². The van der Waals surface area contributed by atoms with E-state index in [0.717, 1.165) is 45.0 Å². The SMILES string of the molecule is CCCCOCCN1Cc2cccc(N)c2C1. The number of nitrogens with two attached hydrogens (primary N) is 1. The topological polar surface area (TPSA) is 38.5 Å². The van der Waals surface area contributed by atoms with Crippen molar-refractivity contribution in [3.63, 3.8) is 0 Å². The predicted octanol–water partition coefficient (Wildman–Crippen LogP) is 2.40. The van der Waals surface area contributed by atoms with Crippen LogP contribution < -0.4 is 5.73 Å². The van der Waals surface area contributed by atoms with Crippen molar-refractivity contribution in [2.75, 3.05) is 25.5 Å². The van der Waals surface area contributed by atoms with Gasteiger partial charge in [-0.25, -0.2) is 0 Å². The Labute approximate surface area is 104 Å². The summed E-state index contributed by atoms with van der Waals surface area (Å²) in [5.41, 5.74) is 9.58. The lowest BCUT2D eigenvalue weighted by atomic mass is 10.1. The molecule has 94 valence electrons. The van der Waals surface area contributed by atoms with Crippen molar-refractivity contribution in [1.29, 1.82) is 0 Å². The third kappa shape index (κ3) is 3.20. The van der Waals surface area contributed by atoms with Crippen LogP contribution in [0.15, 0.2) is 18.2 Å². The smallest absolute Gasteiger partial charge is 0.0593 e. The van der Waals surface area contributed by atoms with E-state index < -0.39 is 0 Å². The van der Waals surface area contributed by atoms with Crippen molar-refractivity contribution < 1.29 is 4.74 Å². The summed E-state index contributed by atoms with van der Waals surface area (Å²) in [6, 6.07) is 6.19. The second kappa shape index (κ2) is 6.03. The zero-order chi connectivity index (χ0) is 12.1. The molecule has 0 radical (unpaired) electrons. The van der Waals surface area contributed by atoms with Gasteiger partial charge in [-0.05, 0) is 23.6 Å².